The second kappa shape index (κ2) is 5.25. The minimum atomic E-state index is -0.642. The van der Waals surface area contributed by atoms with Gasteiger partial charge in [0.1, 0.15) is 0 Å². The number of rotatable bonds is 4. The molecule has 15 heavy (non-hydrogen) atoms. The molecule has 1 aliphatic rings. The molecule has 0 aromatic carbocycles. The summed E-state index contributed by atoms with van der Waals surface area (Å²) >= 11 is 0. The van der Waals surface area contributed by atoms with Crippen LogP contribution in [0.5, 0.6) is 0 Å². The highest BCUT2D eigenvalue weighted by atomic mass is 16.5. The minimum Gasteiger partial charge on any atom is -0.394 e. The van der Waals surface area contributed by atoms with Crippen LogP contribution in [0.1, 0.15) is 27.2 Å². The van der Waals surface area contributed by atoms with E-state index in [1.807, 2.05) is 20.8 Å². The third-order valence-electron chi connectivity index (χ3n) is 2.93. The predicted octanol–water partition coefficient (Wildman–Crippen LogP) is 0.229. The quantitative estimate of drug-likeness (QED) is 0.708. The van der Waals surface area contributed by atoms with Gasteiger partial charge in [-0.3, -0.25) is 4.90 Å². The van der Waals surface area contributed by atoms with Crippen molar-refractivity contribution in [2.45, 2.75) is 45.0 Å². The zero-order valence-electron chi connectivity index (χ0n) is 9.94. The van der Waals surface area contributed by atoms with Crippen molar-refractivity contribution in [3.05, 3.63) is 0 Å². The maximum atomic E-state index is 9.98. The highest BCUT2D eigenvalue weighted by molar-refractivity contribution is 4.81. The molecular formula is C11H23NO3. The molecule has 0 aromatic heterocycles. The van der Waals surface area contributed by atoms with Gasteiger partial charge in [0.15, 0.2) is 0 Å². The van der Waals surface area contributed by atoms with E-state index in [1.165, 1.54) is 0 Å². The molecule has 0 bridgehead atoms. The van der Waals surface area contributed by atoms with Crippen LogP contribution >= 0.6 is 0 Å². The Morgan fingerprint density at radius 3 is 2.67 bits per heavy atom. The van der Waals surface area contributed by atoms with Crippen LogP contribution in [0.15, 0.2) is 0 Å². The van der Waals surface area contributed by atoms with E-state index in [-0.39, 0.29) is 18.8 Å². The van der Waals surface area contributed by atoms with Crippen LogP contribution in [0.3, 0.4) is 0 Å². The molecule has 0 amide bonds. The molecule has 1 saturated heterocycles. The van der Waals surface area contributed by atoms with Crippen molar-refractivity contribution in [3.8, 4) is 0 Å². The SMILES string of the molecule is CCC(C)(O)CN1CC(C)OC(CO)C1. The first-order valence-electron chi connectivity index (χ1n) is 5.68. The Kier molecular flexibility index (Phi) is 4.52. The van der Waals surface area contributed by atoms with Crippen LogP contribution in [-0.2, 0) is 4.74 Å². The molecule has 4 heteroatoms. The molecule has 0 aliphatic carbocycles. The lowest BCUT2D eigenvalue weighted by Crippen LogP contribution is -2.52. The van der Waals surface area contributed by atoms with Crippen molar-refractivity contribution in [1.29, 1.82) is 0 Å². The number of β-amino-alcohol motifs (C(OH)–C–C–N with tert-alkyl or cyclic N) is 1. The largest absolute Gasteiger partial charge is 0.394 e. The van der Waals surface area contributed by atoms with Gasteiger partial charge in [-0.25, -0.2) is 0 Å². The van der Waals surface area contributed by atoms with Gasteiger partial charge in [0.2, 0.25) is 0 Å². The summed E-state index contributed by atoms with van der Waals surface area (Å²) in [6.07, 6.45) is 0.757. The van der Waals surface area contributed by atoms with Gasteiger partial charge in [-0.05, 0) is 20.3 Å². The molecule has 1 fully saturated rings. The highest BCUT2D eigenvalue weighted by Crippen LogP contribution is 2.16. The van der Waals surface area contributed by atoms with Crippen molar-refractivity contribution in [1.82, 2.24) is 4.90 Å². The van der Waals surface area contributed by atoms with E-state index in [2.05, 4.69) is 4.90 Å². The molecule has 2 N–H and O–H groups in total. The summed E-state index contributed by atoms with van der Waals surface area (Å²) < 4.78 is 5.54. The molecule has 0 saturated carbocycles. The van der Waals surface area contributed by atoms with Crippen molar-refractivity contribution in [2.75, 3.05) is 26.2 Å². The third kappa shape index (κ3) is 4.07. The van der Waals surface area contributed by atoms with Gasteiger partial charge in [-0.2, -0.15) is 0 Å². The lowest BCUT2D eigenvalue weighted by Gasteiger charge is -2.39. The van der Waals surface area contributed by atoms with Gasteiger partial charge in [0.05, 0.1) is 24.4 Å². The fourth-order valence-electron chi connectivity index (χ4n) is 1.96. The van der Waals surface area contributed by atoms with Crippen molar-refractivity contribution >= 4 is 0 Å². The fraction of sp³-hybridized carbons (Fsp3) is 1.00. The Hall–Kier alpha value is -0.160. The van der Waals surface area contributed by atoms with Gasteiger partial charge in [-0.15, -0.1) is 0 Å². The van der Waals surface area contributed by atoms with Crippen LogP contribution in [0.4, 0.5) is 0 Å². The smallest absolute Gasteiger partial charge is 0.0936 e. The lowest BCUT2D eigenvalue weighted by molar-refractivity contribution is -0.110. The molecule has 3 unspecified atom stereocenters. The monoisotopic (exact) mass is 217 g/mol. The molecule has 0 spiro atoms. The molecule has 4 nitrogen and oxygen atoms in total. The van der Waals surface area contributed by atoms with Crippen LogP contribution in [0, 0.1) is 0 Å². The Morgan fingerprint density at radius 1 is 1.47 bits per heavy atom. The molecule has 3 atom stereocenters. The molecule has 0 aromatic rings. The zero-order valence-corrected chi connectivity index (χ0v) is 9.94. The lowest BCUT2D eigenvalue weighted by atomic mass is 10.0. The Morgan fingerprint density at radius 2 is 2.13 bits per heavy atom. The minimum absolute atomic E-state index is 0.0507. The number of hydrogen-bond acceptors (Lipinski definition) is 4. The maximum absolute atomic E-state index is 9.98. The van der Waals surface area contributed by atoms with E-state index in [0.717, 1.165) is 13.0 Å². The Balaban J connectivity index is 2.47. The van der Waals surface area contributed by atoms with E-state index in [0.29, 0.717) is 13.1 Å². The van der Waals surface area contributed by atoms with Gasteiger partial charge < -0.3 is 14.9 Å². The topological polar surface area (TPSA) is 52.9 Å². The number of aliphatic hydroxyl groups is 2. The molecule has 0 radical (unpaired) electrons. The average molecular weight is 217 g/mol. The van der Waals surface area contributed by atoms with Crippen LogP contribution in [0.25, 0.3) is 0 Å². The number of aliphatic hydroxyl groups excluding tert-OH is 1. The van der Waals surface area contributed by atoms with Gasteiger partial charge in [0.25, 0.3) is 0 Å². The summed E-state index contributed by atoms with van der Waals surface area (Å²) in [6.45, 7) is 8.05. The normalized spacial score (nSPS) is 32.6. The van der Waals surface area contributed by atoms with Crippen LogP contribution in [-0.4, -0.2) is 59.2 Å². The first-order valence-corrected chi connectivity index (χ1v) is 5.68. The van der Waals surface area contributed by atoms with Crippen molar-refractivity contribution in [3.63, 3.8) is 0 Å². The summed E-state index contributed by atoms with van der Waals surface area (Å²) in [4.78, 5) is 2.17. The number of morpholine rings is 1. The summed E-state index contributed by atoms with van der Waals surface area (Å²) in [7, 11) is 0. The van der Waals surface area contributed by atoms with E-state index < -0.39 is 5.60 Å². The standard InChI is InChI=1S/C11H23NO3/c1-4-11(3,14)8-12-5-9(2)15-10(6-12)7-13/h9-10,13-14H,4-8H2,1-3H3. The molecule has 1 heterocycles. The zero-order chi connectivity index (χ0) is 11.5. The number of ether oxygens (including phenoxy) is 1. The molecule has 1 rings (SSSR count). The van der Waals surface area contributed by atoms with E-state index in [9.17, 15) is 5.11 Å². The summed E-state index contributed by atoms with van der Waals surface area (Å²) in [5.41, 5.74) is -0.642. The maximum Gasteiger partial charge on any atom is 0.0936 e. The molecular weight excluding hydrogens is 194 g/mol. The first kappa shape index (κ1) is 12.9. The Labute approximate surface area is 91.8 Å². The summed E-state index contributed by atoms with van der Waals surface area (Å²) in [5.74, 6) is 0. The summed E-state index contributed by atoms with van der Waals surface area (Å²) in [6, 6.07) is 0. The summed E-state index contributed by atoms with van der Waals surface area (Å²) in [5, 5.41) is 19.0. The second-order valence-corrected chi connectivity index (χ2v) is 4.80. The number of nitrogens with zero attached hydrogens (tertiary/aromatic N) is 1. The van der Waals surface area contributed by atoms with Gasteiger partial charge in [0, 0.05) is 19.6 Å². The second-order valence-electron chi connectivity index (χ2n) is 4.80. The van der Waals surface area contributed by atoms with E-state index >= 15 is 0 Å². The molecule has 1 aliphatic heterocycles. The third-order valence-corrected chi connectivity index (χ3v) is 2.93. The average Bonchev–Trinajstić information content (AvgIpc) is 2.16. The van der Waals surface area contributed by atoms with Crippen LogP contribution in [0.2, 0.25) is 0 Å². The number of hydrogen-bond donors (Lipinski definition) is 2. The van der Waals surface area contributed by atoms with Crippen molar-refractivity contribution < 1.29 is 14.9 Å². The van der Waals surface area contributed by atoms with Gasteiger partial charge in [-0.1, -0.05) is 6.92 Å². The molecule has 90 valence electrons. The van der Waals surface area contributed by atoms with Crippen molar-refractivity contribution in [2.24, 2.45) is 0 Å². The Bertz CT molecular complexity index is 196. The highest BCUT2D eigenvalue weighted by Gasteiger charge is 2.29. The first-order chi connectivity index (χ1) is 6.96. The van der Waals surface area contributed by atoms with Gasteiger partial charge >= 0.3 is 0 Å². The van der Waals surface area contributed by atoms with E-state index in [1.54, 1.807) is 0 Å². The van der Waals surface area contributed by atoms with E-state index in [4.69, 9.17) is 9.84 Å². The predicted molar refractivity (Wildman–Crippen MR) is 58.8 cm³/mol. The van der Waals surface area contributed by atoms with Crippen LogP contribution < -0.4 is 0 Å². The fourth-order valence-corrected chi connectivity index (χ4v) is 1.96.